The molecule has 2 saturated heterocycles. The minimum Gasteiger partial charge on any atom is -0.354 e. The Morgan fingerprint density at radius 3 is 2.78 bits per heavy atom. The Bertz CT molecular complexity index is 587. The van der Waals surface area contributed by atoms with E-state index >= 15 is 0 Å². The van der Waals surface area contributed by atoms with E-state index in [0.29, 0.717) is 19.5 Å². The van der Waals surface area contributed by atoms with Gasteiger partial charge in [0, 0.05) is 29.8 Å². The molecule has 1 N–H and O–H groups in total. The van der Waals surface area contributed by atoms with E-state index in [1.807, 2.05) is 24.3 Å². The molecule has 0 aromatic heterocycles. The molecular weight excluding hydrogens is 358 g/mol. The van der Waals surface area contributed by atoms with Crippen molar-refractivity contribution in [3.8, 4) is 0 Å². The topological polar surface area (TPSA) is 52.7 Å². The molecule has 2 amide bonds. The SMILES string of the molecule is O=C(NCCN1CCCC1)C1CCN(c2cccc(Br)c2)C1=O. The van der Waals surface area contributed by atoms with Gasteiger partial charge in [-0.25, -0.2) is 0 Å². The number of nitrogens with one attached hydrogen (secondary N) is 1. The normalized spacial score (nSPS) is 21.9. The van der Waals surface area contributed by atoms with E-state index in [1.54, 1.807) is 4.90 Å². The van der Waals surface area contributed by atoms with Crippen LogP contribution < -0.4 is 10.2 Å². The van der Waals surface area contributed by atoms with Crippen LogP contribution in [0.4, 0.5) is 5.69 Å². The van der Waals surface area contributed by atoms with Gasteiger partial charge in [-0.3, -0.25) is 9.59 Å². The second-order valence-corrected chi connectivity index (χ2v) is 7.07. The maximum absolute atomic E-state index is 12.5. The number of benzene rings is 1. The maximum atomic E-state index is 12.5. The minimum absolute atomic E-state index is 0.0956. The third kappa shape index (κ3) is 3.93. The molecule has 2 aliphatic heterocycles. The van der Waals surface area contributed by atoms with Crippen molar-refractivity contribution in [1.82, 2.24) is 10.2 Å². The number of rotatable bonds is 5. The Labute approximate surface area is 145 Å². The number of carbonyl (C=O) groups is 2. The number of likely N-dealkylation sites (tertiary alicyclic amines) is 1. The molecular formula is C17H22BrN3O2. The third-order valence-corrected chi connectivity index (χ3v) is 5.06. The summed E-state index contributed by atoms with van der Waals surface area (Å²) in [4.78, 5) is 28.9. The quantitative estimate of drug-likeness (QED) is 0.796. The summed E-state index contributed by atoms with van der Waals surface area (Å²) in [6.45, 7) is 4.34. The summed E-state index contributed by atoms with van der Waals surface area (Å²) in [6.07, 6.45) is 3.08. The second kappa shape index (κ2) is 7.45. The van der Waals surface area contributed by atoms with Crippen molar-refractivity contribution >= 4 is 33.4 Å². The van der Waals surface area contributed by atoms with E-state index < -0.39 is 5.92 Å². The number of carbonyl (C=O) groups excluding carboxylic acids is 2. The Morgan fingerprint density at radius 1 is 1.26 bits per heavy atom. The van der Waals surface area contributed by atoms with Crippen LogP contribution in [0.2, 0.25) is 0 Å². The summed E-state index contributed by atoms with van der Waals surface area (Å²) in [5.41, 5.74) is 0.844. The summed E-state index contributed by atoms with van der Waals surface area (Å²) in [5.74, 6) is -0.777. The molecule has 3 rings (SSSR count). The maximum Gasteiger partial charge on any atom is 0.239 e. The fraction of sp³-hybridized carbons (Fsp3) is 0.529. The molecule has 23 heavy (non-hydrogen) atoms. The van der Waals surface area contributed by atoms with Gasteiger partial charge in [0.2, 0.25) is 11.8 Å². The number of hydrogen-bond donors (Lipinski definition) is 1. The molecule has 5 nitrogen and oxygen atoms in total. The highest BCUT2D eigenvalue weighted by Gasteiger charge is 2.37. The van der Waals surface area contributed by atoms with Crippen LogP contribution in [0.5, 0.6) is 0 Å². The summed E-state index contributed by atoms with van der Waals surface area (Å²) >= 11 is 3.42. The van der Waals surface area contributed by atoms with Crippen molar-refractivity contribution < 1.29 is 9.59 Å². The average Bonchev–Trinajstić information content (AvgIpc) is 3.17. The largest absolute Gasteiger partial charge is 0.354 e. The average molecular weight is 380 g/mol. The molecule has 2 fully saturated rings. The minimum atomic E-state index is -0.549. The number of hydrogen-bond acceptors (Lipinski definition) is 3. The van der Waals surface area contributed by atoms with E-state index in [-0.39, 0.29) is 11.8 Å². The van der Waals surface area contributed by atoms with Gasteiger partial charge in [-0.15, -0.1) is 0 Å². The standard InChI is InChI=1S/C17H22BrN3O2/c18-13-4-3-5-14(12-13)21-10-6-15(17(21)23)16(22)19-7-11-20-8-1-2-9-20/h3-5,12,15H,1-2,6-11H2,(H,19,22). The summed E-state index contributed by atoms with van der Waals surface area (Å²) in [6, 6.07) is 7.63. The van der Waals surface area contributed by atoms with E-state index in [4.69, 9.17) is 0 Å². The van der Waals surface area contributed by atoms with Gasteiger partial charge in [0.05, 0.1) is 0 Å². The first-order valence-corrected chi connectivity index (χ1v) is 9.01. The molecule has 0 bridgehead atoms. The van der Waals surface area contributed by atoms with Crippen LogP contribution in [0, 0.1) is 5.92 Å². The summed E-state index contributed by atoms with van der Waals surface area (Å²) < 4.78 is 0.932. The summed E-state index contributed by atoms with van der Waals surface area (Å²) in [7, 11) is 0. The molecule has 0 saturated carbocycles. The van der Waals surface area contributed by atoms with Crippen molar-refractivity contribution in [2.75, 3.05) is 37.6 Å². The lowest BCUT2D eigenvalue weighted by Gasteiger charge is -2.18. The Kier molecular flexibility index (Phi) is 5.33. The first kappa shape index (κ1) is 16.5. The van der Waals surface area contributed by atoms with Gasteiger partial charge in [-0.1, -0.05) is 22.0 Å². The molecule has 1 atom stereocenters. The van der Waals surface area contributed by atoms with Gasteiger partial charge in [0.25, 0.3) is 0 Å². The van der Waals surface area contributed by atoms with Crippen LogP contribution in [0.1, 0.15) is 19.3 Å². The molecule has 1 aromatic carbocycles. The Hall–Kier alpha value is -1.40. The van der Waals surface area contributed by atoms with Crippen LogP contribution in [0.3, 0.4) is 0 Å². The zero-order chi connectivity index (χ0) is 16.2. The van der Waals surface area contributed by atoms with Gasteiger partial charge in [-0.2, -0.15) is 0 Å². The number of anilines is 1. The molecule has 2 aliphatic rings. The number of amides is 2. The van der Waals surface area contributed by atoms with Crippen molar-refractivity contribution in [3.05, 3.63) is 28.7 Å². The lowest BCUT2D eigenvalue weighted by Crippen LogP contribution is -2.40. The Morgan fingerprint density at radius 2 is 2.04 bits per heavy atom. The molecule has 6 heteroatoms. The first-order valence-electron chi connectivity index (χ1n) is 8.22. The lowest BCUT2D eigenvalue weighted by atomic mass is 10.1. The number of halogens is 1. The highest BCUT2D eigenvalue weighted by atomic mass is 79.9. The smallest absolute Gasteiger partial charge is 0.239 e. The van der Waals surface area contributed by atoms with Gasteiger partial charge < -0.3 is 15.1 Å². The van der Waals surface area contributed by atoms with Gasteiger partial charge in [0.15, 0.2) is 0 Å². The monoisotopic (exact) mass is 379 g/mol. The van der Waals surface area contributed by atoms with Gasteiger partial charge in [-0.05, 0) is 50.6 Å². The van der Waals surface area contributed by atoms with Crippen molar-refractivity contribution in [2.24, 2.45) is 5.92 Å². The summed E-state index contributed by atoms with van der Waals surface area (Å²) in [5, 5.41) is 2.93. The molecule has 1 aromatic rings. The van der Waals surface area contributed by atoms with Crippen LogP contribution in [-0.4, -0.2) is 49.4 Å². The van der Waals surface area contributed by atoms with Crippen LogP contribution in [0.25, 0.3) is 0 Å². The fourth-order valence-electron chi connectivity index (χ4n) is 3.29. The van der Waals surface area contributed by atoms with E-state index in [2.05, 4.69) is 26.1 Å². The first-order chi connectivity index (χ1) is 11.1. The Balaban J connectivity index is 1.52. The van der Waals surface area contributed by atoms with Crippen molar-refractivity contribution in [2.45, 2.75) is 19.3 Å². The fourth-order valence-corrected chi connectivity index (χ4v) is 3.68. The predicted molar refractivity (Wildman–Crippen MR) is 93.3 cm³/mol. The molecule has 0 aliphatic carbocycles. The highest BCUT2D eigenvalue weighted by Crippen LogP contribution is 2.27. The van der Waals surface area contributed by atoms with Gasteiger partial charge >= 0.3 is 0 Å². The molecule has 124 valence electrons. The molecule has 1 unspecified atom stereocenters. The van der Waals surface area contributed by atoms with Crippen LogP contribution >= 0.6 is 15.9 Å². The van der Waals surface area contributed by atoms with Gasteiger partial charge in [0.1, 0.15) is 5.92 Å². The van der Waals surface area contributed by atoms with E-state index in [1.165, 1.54) is 12.8 Å². The molecule has 0 radical (unpaired) electrons. The third-order valence-electron chi connectivity index (χ3n) is 4.57. The van der Waals surface area contributed by atoms with E-state index in [0.717, 1.165) is 29.8 Å². The zero-order valence-electron chi connectivity index (χ0n) is 13.1. The number of nitrogens with zero attached hydrogens (tertiary/aromatic N) is 2. The lowest BCUT2D eigenvalue weighted by molar-refractivity contribution is -0.132. The second-order valence-electron chi connectivity index (χ2n) is 6.15. The molecule has 0 spiro atoms. The van der Waals surface area contributed by atoms with Crippen LogP contribution in [0.15, 0.2) is 28.7 Å². The van der Waals surface area contributed by atoms with Crippen LogP contribution in [-0.2, 0) is 9.59 Å². The molecule has 2 heterocycles. The van der Waals surface area contributed by atoms with Crippen molar-refractivity contribution in [3.63, 3.8) is 0 Å². The van der Waals surface area contributed by atoms with E-state index in [9.17, 15) is 9.59 Å². The zero-order valence-corrected chi connectivity index (χ0v) is 14.7. The highest BCUT2D eigenvalue weighted by molar-refractivity contribution is 9.10. The van der Waals surface area contributed by atoms with Crippen molar-refractivity contribution in [1.29, 1.82) is 0 Å². The predicted octanol–water partition coefficient (Wildman–Crippen LogP) is 2.01.